The number of rotatable bonds is 7. The number of ether oxygens (including phenoxy) is 1. The molecule has 0 amide bonds. The van der Waals surface area contributed by atoms with Crippen LogP contribution in [0.15, 0.2) is 42.5 Å². The van der Waals surface area contributed by atoms with Crippen LogP contribution in [0.5, 0.6) is 5.75 Å². The minimum atomic E-state index is -4.19. The van der Waals surface area contributed by atoms with Gasteiger partial charge in [0.05, 0.1) is 0 Å². The number of hydrogen-bond donors (Lipinski definition) is 1. The largest absolute Gasteiger partial charge is 0.487 e. The summed E-state index contributed by atoms with van der Waals surface area (Å²) in [5, 5.41) is 8.36. The fourth-order valence-electron chi connectivity index (χ4n) is 1.22. The van der Waals surface area contributed by atoms with E-state index < -0.39 is 24.9 Å². The first-order valence-corrected chi connectivity index (χ1v) is 5.78. The molecule has 0 aromatic heterocycles. The van der Waals surface area contributed by atoms with Crippen LogP contribution in [-0.2, 0) is 4.79 Å². The lowest BCUT2D eigenvalue weighted by Crippen LogP contribution is -2.33. The summed E-state index contributed by atoms with van der Waals surface area (Å²) >= 11 is 0. The van der Waals surface area contributed by atoms with Crippen LogP contribution >= 0.6 is 0 Å². The molecule has 0 aliphatic carbocycles. The Morgan fingerprint density at radius 2 is 1.86 bits per heavy atom. The maximum absolute atomic E-state index is 12.6. The third-order valence-corrected chi connectivity index (χ3v) is 2.27. The van der Waals surface area contributed by atoms with Crippen molar-refractivity contribution in [3.8, 4) is 5.75 Å². The SMILES string of the molecule is O=C(O)C=CC=Cc1ccc(OCC(F)(F)C(F)F)cc1. The summed E-state index contributed by atoms with van der Waals surface area (Å²) < 4.78 is 53.7. The van der Waals surface area contributed by atoms with Crippen LogP contribution in [-0.4, -0.2) is 30.0 Å². The van der Waals surface area contributed by atoms with Gasteiger partial charge in [-0.1, -0.05) is 30.4 Å². The quantitative estimate of drug-likeness (QED) is 0.475. The molecule has 0 radical (unpaired) electrons. The van der Waals surface area contributed by atoms with Gasteiger partial charge < -0.3 is 9.84 Å². The number of carboxylic acid groups (broad SMARTS) is 1. The standard InChI is InChI=1S/C14H12F4O3/c15-13(16)14(17,18)9-21-11-7-5-10(6-8-11)3-1-2-4-12(19)20/h1-8,13H,9H2,(H,19,20). The molecule has 3 nitrogen and oxygen atoms in total. The first-order valence-electron chi connectivity index (χ1n) is 5.78. The van der Waals surface area contributed by atoms with Gasteiger partial charge in [0.15, 0.2) is 6.61 Å². The first kappa shape index (κ1) is 16.7. The van der Waals surface area contributed by atoms with Crippen LogP contribution in [0.2, 0.25) is 0 Å². The molecular formula is C14H12F4O3. The number of alkyl halides is 4. The van der Waals surface area contributed by atoms with Gasteiger partial charge in [-0.25, -0.2) is 13.6 Å². The Balaban J connectivity index is 2.56. The lowest BCUT2D eigenvalue weighted by Gasteiger charge is -2.15. The molecular weight excluding hydrogens is 292 g/mol. The molecule has 0 saturated heterocycles. The number of carbonyl (C=O) groups is 1. The highest BCUT2D eigenvalue weighted by Gasteiger charge is 2.41. The minimum Gasteiger partial charge on any atom is -0.487 e. The first-order chi connectivity index (χ1) is 9.81. The average molecular weight is 304 g/mol. The van der Waals surface area contributed by atoms with E-state index in [2.05, 4.69) is 4.74 Å². The Kier molecular flexibility index (Phi) is 5.95. The van der Waals surface area contributed by atoms with E-state index in [1.165, 1.54) is 36.4 Å². The number of benzene rings is 1. The topological polar surface area (TPSA) is 46.5 Å². The van der Waals surface area contributed by atoms with Gasteiger partial charge in [0.25, 0.3) is 0 Å². The van der Waals surface area contributed by atoms with E-state index in [0.717, 1.165) is 6.08 Å². The van der Waals surface area contributed by atoms with Gasteiger partial charge >= 0.3 is 18.3 Å². The van der Waals surface area contributed by atoms with E-state index in [0.29, 0.717) is 5.56 Å². The Hall–Kier alpha value is -2.31. The van der Waals surface area contributed by atoms with E-state index >= 15 is 0 Å². The van der Waals surface area contributed by atoms with Crippen molar-refractivity contribution in [1.29, 1.82) is 0 Å². The molecule has 0 atom stereocenters. The van der Waals surface area contributed by atoms with Crippen LogP contribution in [0.1, 0.15) is 5.56 Å². The smallest absolute Gasteiger partial charge is 0.340 e. The predicted molar refractivity (Wildman–Crippen MR) is 68.7 cm³/mol. The highest BCUT2D eigenvalue weighted by molar-refractivity contribution is 5.80. The van der Waals surface area contributed by atoms with Gasteiger partial charge in [-0.2, -0.15) is 8.78 Å². The molecule has 0 fully saturated rings. The highest BCUT2D eigenvalue weighted by atomic mass is 19.3. The number of carboxylic acids is 1. The molecule has 21 heavy (non-hydrogen) atoms. The van der Waals surface area contributed by atoms with Crippen molar-refractivity contribution in [1.82, 2.24) is 0 Å². The van der Waals surface area contributed by atoms with E-state index in [-0.39, 0.29) is 5.75 Å². The van der Waals surface area contributed by atoms with Crippen LogP contribution in [0.25, 0.3) is 6.08 Å². The van der Waals surface area contributed by atoms with Gasteiger partial charge in [-0.3, -0.25) is 0 Å². The second kappa shape index (κ2) is 7.47. The fourth-order valence-corrected chi connectivity index (χ4v) is 1.22. The van der Waals surface area contributed by atoms with Crippen molar-refractivity contribution >= 4 is 12.0 Å². The summed E-state index contributed by atoms with van der Waals surface area (Å²) in [5.41, 5.74) is 0.665. The Bertz CT molecular complexity index is 522. The van der Waals surface area contributed by atoms with Crippen LogP contribution in [0.3, 0.4) is 0 Å². The van der Waals surface area contributed by atoms with E-state index in [9.17, 15) is 22.4 Å². The van der Waals surface area contributed by atoms with E-state index in [1.807, 2.05) is 0 Å². The number of hydrogen-bond acceptors (Lipinski definition) is 2. The summed E-state index contributed by atoms with van der Waals surface area (Å²) in [7, 11) is 0. The van der Waals surface area contributed by atoms with Gasteiger partial charge in [0.2, 0.25) is 0 Å². The maximum atomic E-state index is 12.6. The zero-order valence-electron chi connectivity index (χ0n) is 10.7. The molecule has 7 heteroatoms. The van der Waals surface area contributed by atoms with Gasteiger partial charge in [-0.05, 0) is 17.7 Å². The van der Waals surface area contributed by atoms with Crippen molar-refractivity contribution in [2.24, 2.45) is 0 Å². The number of aliphatic carboxylic acids is 1. The van der Waals surface area contributed by atoms with Gasteiger partial charge in [0.1, 0.15) is 5.75 Å². The molecule has 1 aromatic carbocycles. The second-order valence-corrected chi connectivity index (χ2v) is 3.98. The zero-order valence-corrected chi connectivity index (χ0v) is 10.7. The monoisotopic (exact) mass is 304 g/mol. The zero-order chi connectivity index (χ0) is 15.9. The van der Waals surface area contributed by atoms with Gasteiger partial charge in [-0.15, -0.1) is 0 Å². The maximum Gasteiger partial charge on any atom is 0.340 e. The molecule has 0 spiro atoms. The van der Waals surface area contributed by atoms with Crippen molar-refractivity contribution < 1.29 is 32.2 Å². The molecule has 0 bridgehead atoms. The Morgan fingerprint density at radius 1 is 1.24 bits per heavy atom. The van der Waals surface area contributed by atoms with Crippen LogP contribution in [0.4, 0.5) is 17.6 Å². The lowest BCUT2D eigenvalue weighted by molar-refractivity contribution is -0.148. The third kappa shape index (κ3) is 6.11. The van der Waals surface area contributed by atoms with Crippen molar-refractivity contribution in [3.05, 3.63) is 48.1 Å². The number of halogens is 4. The van der Waals surface area contributed by atoms with E-state index in [4.69, 9.17) is 5.11 Å². The molecule has 0 unspecified atom stereocenters. The second-order valence-electron chi connectivity index (χ2n) is 3.98. The molecule has 0 aliphatic heterocycles. The van der Waals surface area contributed by atoms with Crippen molar-refractivity contribution in [3.63, 3.8) is 0 Å². The Labute approximate surface area is 118 Å². The summed E-state index contributed by atoms with van der Waals surface area (Å²) in [5.74, 6) is -5.24. The Morgan fingerprint density at radius 3 is 2.38 bits per heavy atom. The highest BCUT2D eigenvalue weighted by Crippen LogP contribution is 2.24. The molecule has 0 aliphatic rings. The third-order valence-electron chi connectivity index (χ3n) is 2.27. The summed E-state index contributed by atoms with van der Waals surface area (Å²) in [6, 6.07) is 5.73. The summed E-state index contributed by atoms with van der Waals surface area (Å²) in [4.78, 5) is 10.2. The minimum absolute atomic E-state index is 0.0357. The molecule has 0 heterocycles. The summed E-state index contributed by atoms with van der Waals surface area (Å²) in [6.07, 6.45) is 1.54. The molecule has 0 saturated carbocycles. The normalized spacial score (nSPS) is 12.4. The average Bonchev–Trinajstić information content (AvgIpc) is 2.42. The lowest BCUT2D eigenvalue weighted by atomic mass is 10.2. The molecule has 1 N–H and O–H groups in total. The predicted octanol–water partition coefficient (Wildman–Crippen LogP) is 3.62. The van der Waals surface area contributed by atoms with Crippen molar-refractivity contribution in [2.45, 2.75) is 12.3 Å². The van der Waals surface area contributed by atoms with Gasteiger partial charge in [0, 0.05) is 6.08 Å². The van der Waals surface area contributed by atoms with Crippen LogP contribution < -0.4 is 4.74 Å². The fraction of sp³-hybridized carbons (Fsp3) is 0.214. The molecule has 1 rings (SSSR count). The molecule has 1 aromatic rings. The van der Waals surface area contributed by atoms with Crippen molar-refractivity contribution in [2.75, 3.05) is 6.61 Å². The molecule has 114 valence electrons. The number of allylic oxidation sites excluding steroid dienone is 2. The van der Waals surface area contributed by atoms with E-state index in [1.54, 1.807) is 6.08 Å². The van der Waals surface area contributed by atoms with Crippen LogP contribution in [0, 0.1) is 0 Å². The summed E-state index contributed by atoms with van der Waals surface area (Å²) in [6.45, 7) is -1.40.